The lowest BCUT2D eigenvalue weighted by Gasteiger charge is -2.26. The second kappa shape index (κ2) is 6.52. The molecule has 0 spiro atoms. The first kappa shape index (κ1) is 14.5. The van der Waals surface area contributed by atoms with E-state index in [1.54, 1.807) is 12.3 Å². The first-order chi connectivity index (χ1) is 10.7. The average Bonchev–Trinajstić information content (AvgIpc) is 2.99. The number of morpholine rings is 1. The highest BCUT2D eigenvalue weighted by molar-refractivity contribution is 5.92. The number of hydrogen-bond donors (Lipinski definition) is 2. The summed E-state index contributed by atoms with van der Waals surface area (Å²) in [7, 11) is 0. The van der Waals surface area contributed by atoms with Gasteiger partial charge < -0.3 is 15.0 Å². The predicted molar refractivity (Wildman–Crippen MR) is 79.6 cm³/mol. The maximum absolute atomic E-state index is 12.2. The van der Waals surface area contributed by atoms with Crippen LogP contribution < -0.4 is 10.2 Å². The fourth-order valence-electron chi connectivity index (χ4n) is 2.22. The Balaban J connectivity index is 1.64. The number of amides is 1. The number of aryl methyl sites for hydroxylation is 1. The number of rotatable bonds is 4. The van der Waals surface area contributed by atoms with Gasteiger partial charge in [0.15, 0.2) is 0 Å². The van der Waals surface area contributed by atoms with Crippen LogP contribution in [0.3, 0.4) is 0 Å². The van der Waals surface area contributed by atoms with Gasteiger partial charge in [0.25, 0.3) is 5.91 Å². The van der Waals surface area contributed by atoms with Crippen molar-refractivity contribution in [1.82, 2.24) is 25.5 Å². The molecule has 3 heterocycles. The zero-order valence-corrected chi connectivity index (χ0v) is 12.4. The van der Waals surface area contributed by atoms with E-state index in [1.165, 1.54) is 0 Å². The molecular formula is C14H18N6O2. The third kappa shape index (κ3) is 3.40. The minimum Gasteiger partial charge on any atom is -0.378 e. The number of anilines is 1. The van der Waals surface area contributed by atoms with E-state index in [0.29, 0.717) is 31.4 Å². The highest BCUT2D eigenvalue weighted by Crippen LogP contribution is 2.10. The van der Waals surface area contributed by atoms with E-state index in [4.69, 9.17) is 4.74 Å². The minimum atomic E-state index is -0.238. The molecule has 1 aliphatic heterocycles. The first-order valence-electron chi connectivity index (χ1n) is 7.17. The quantitative estimate of drug-likeness (QED) is 0.842. The van der Waals surface area contributed by atoms with Crippen LogP contribution in [0.1, 0.15) is 21.9 Å². The van der Waals surface area contributed by atoms with Crippen LogP contribution in [0.25, 0.3) is 0 Å². The van der Waals surface area contributed by atoms with Gasteiger partial charge in [-0.3, -0.25) is 9.89 Å². The molecule has 0 aliphatic carbocycles. The molecule has 1 amide bonds. The maximum Gasteiger partial charge on any atom is 0.270 e. The van der Waals surface area contributed by atoms with Gasteiger partial charge >= 0.3 is 0 Å². The summed E-state index contributed by atoms with van der Waals surface area (Å²) in [4.78, 5) is 22.8. The number of carbonyl (C=O) groups excluding carboxylic acids is 1. The van der Waals surface area contributed by atoms with Crippen LogP contribution in [0.15, 0.2) is 18.3 Å². The van der Waals surface area contributed by atoms with Gasteiger partial charge in [-0.15, -0.1) is 0 Å². The number of aromatic amines is 1. The topological polar surface area (TPSA) is 96.0 Å². The highest BCUT2D eigenvalue weighted by atomic mass is 16.5. The van der Waals surface area contributed by atoms with E-state index >= 15 is 0 Å². The number of hydrogen-bond acceptors (Lipinski definition) is 6. The Hall–Kier alpha value is -2.48. The minimum absolute atomic E-state index is 0.238. The Morgan fingerprint density at radius 1 is 1.45 bits per heavy atom. The lowest BCUT2D eigenvalue weighted by molar-refractivity contribution is 0.0945. The van der Waals surface area contributed by atoms with E-state index in [2.05, 4.69) is 25.5 Å². The third-order valence-corrected chi connectivity index (χ3v) is 3.36. The van der Waals surface area contributed by atoms with Gasteiger partial charge in [0, 0.05) is 25.0 Å². The number of nitrogens with zero attached hydrogens (tertiary/aromatic N) is 4. The van der Waals surface area contributed by atoms with Gasteiger partial charge in [0.2, 0.25) is 5.95 Å². The van der Waals surface area contributed by atoms with Crippen LogP contribution in [0.2, 0.25) is 0 Å². The number of nitrogens with one attached hydrogen (secondary N) is 2. The SMILES string of the molecule is Cc1cc(CNC(=O)c2ccnc(N3CCOCC3)n2)n[nH]1. The molecule has 1 saturated heterocycles. The fraction of sp³-hybridized carbons (Fsp3) is 0.429. The first-order valence-corrected chi connectivity index (χ1v) is 7.17. The normalized spacial score (nSPS) is 14.9. The summed E-state index contributed by atoms with van der Waals surface area (Å²) in [6.07, 6.45) is 1.60. The second-order valence-electron chi connectivity index (χ2n) is 5.07. The molecule has 0 atom stereocenters. The molecule has 116 valence electrons. The lowest BCUT2D eigenvalue weighted by atomic mass is 10.3. The Kier molecular flexibility index (Phi) is 4.29. The molecule has 0 unspecified atom stereocenters. The van der Waals surface area contributed by atoms with Crippen LogP contribution in [-0.4, -0.2) is 52.4 Å². The van der Waals surface area contributed by atoms with Gasteiger partial charge in [-0.05, 0) is 19.1 Å². The van der Waals surface area contributed by atoms with Crippen molar-refractivity contribution in [2.45, 2.75) is 13.5 Å². The molecule has 3 rings (SSSR count). The molecule has 8 heteroatoms. The maximum atomic E-state index is 12.2. The van der Waals surface area contributed by atoms with Gasteiger partial charge in [0.05, 0.1) is 25.5 Å². The number of carbonyl (C=O) groups is 1. The van der Waals surface area contributed by atoms with Crippen molar-refractivity contribution in [2.24, 2.45) is 0 Å². The summed E-state index contributed by atoms with van der Waals surface area (Å²) in [6.45, 7) is 5.04. The van der Waals surface area contributed by atoms with Crippen molar-refractivity contribution in [3.8, 4) is 0 Å². The summed E-state index contributed by atoms with van der Waals surface area (Å²) in [5.41, 5.74) is 2.10. The number of aromatic nitrogens is 4. The standard InChI is InChI=1S/C14H18N6O2/c1-10-8-11(19-18-10)9-16-13(21)12-2-3-15-14(17-12)20-4-6-22-7-5-20/h2-3,8H,4-7,9H2,1H3,(H,16,21)(H,18,19). The molecule has 1 aliphatic rings. The van der Waals surface area contributed by atoms with Crippen LogP contribution in [-0.2, 0) is 11.3 Å². The van der Waals surface area contributed by atoms with Crippen molar-refractivity contribution >= 4 is 11.9 Å². The third-order valence-electron chi connectivity index (χ3n) is 3.36. The molecule has 0 bridgehead atoms. The average molecular weight is 302 g/mol. The number of ether oxygens (including phenoxy) is 1. The van der Waals surface area contributed by atoms with Gasteiger partial charge in [0.1, 0.15) is 5.69 Å². The van der Waals surface area contributed by atoms with E-state index in [0.717, 1.165) is 24.5 Å². The van der Waals surface area contributed by atoms with Gasteiger partial charge in [-0.1, -0.05) is 0 Å². The Morgan fingerprint density at radius 3 is 3.00 bits per heavy atom. The molecular weight excluding hydrogens is 284 g/mol. The largest absolute Gasteiger partial charge is 0.378 e. The van der Waals surface area contributed by atoms with Gasteiger partial charge in [-0.2, -0.15) is 5.10 Å². The van der Waals surface area contributed by atoms with Crippen LogP contribution in [0.4, 0.5) is 5.95 Å². The molecule has 2 aromatic rings. The number of H-pyrrole nitrogens is 1. The highest BCUT2D eigenvalue weighted by Gasteiger charge is 2.16. The van der Waals surface area contributed by atoms with Crippen LogP contribution in [0, 0.1) is 6.92 Å². The Morgan fingerprint density at radius 2 is 2.27 bits per heavy atom. The summed E-state index contributed by atoms with van der Waals surface area (Å²) >= 11 is 0. The van der Waals surface area contributed by atoms with Crippen LogP contribution in [0.5, 0.6) is 0 Å². The monoisotopic (exact) mass is 302 g/mol. The van der Waals surface area contributed by atoms with Crippen LogP contribution >= 0.6 is 0 Å². The van der Waals surface area contributed by atoms with E-state index in [1.807, 2.05) is 17.9 Å². The molecule has 0 saturated carbocycles. The predicted octanol–water partition coefficient (Wildman–Crippen LogP) is 0.275. The van der Waals surface area contributed by atoms with Crippen molar-refractivity contribution in [3.63, 3.8) is 0 Å². The second-order valence-corrected chi connectivity index (χ2v) is 5.07. The summed E-state index contributed by atoms with van der Waals surface area (Å²) < 4.78 is 5.30. The Bertz CT molecular complexity index is 650. The molecule has 8 nitrogen and oxygen atoms in total. The zero-order chi connectivity index (χ0) is 15.4. The van der Waals surface area contributed by atoms with Crippen molar-refractivity contribution in [1.29, 1.82) is 0 Å². The van der Waals surface area contributed by atoms with Crippen molar-refractivity contribution in [2.75, 3.05) is 31.2 Å². The summed E-state index contributed by atoms with van der Waals surface area (Å²) in [5, 5.41) is 9.72. The fourth-order valence-corrected chi connectivity index (χ4v) is 2.22. The van der Waals surface area contributed by atoms with E-state index < -0.39 is 0 Å². The summed E-state index contributed by atoms with van der Waals surface area (Å²) in [5.74, 6) is 0.323. The molecule has 0 radical (unpaired) electrons. The molecule has 22 heavy (non-hydrogen) atoms. The van der Waals surface area contributed by atoms with Crippen molar-refractivity contribution in [3.05, 3.63) is 35.4 Å². The van der Waals surface area contributed by atoms with Crippen molar-refractivity contribution < 1.29 is 9.53 Å². The smallest absolute Gasteiger partial charge is 0.270 e. The lowest BCUT2D eigenvalue weighted by Crippen LogP contribution is -2.37. The van der Waals surface area contributed by atoms with Gasteiger partial charge in [-0.25, -0.2) is 9.97 Å². The zero-order valence-electron chi connectivity index (χ0n) is 12.4. The van der Waals surface area contributed by atoms with E-state index in [-0.39, 0.29) is 5.91 Å². The molecule has 1 fully saturated rings. The Labute approximate surface area is 127 Å². The summed E-state index contributed by atoms with van der Waals surface area (Å²) in [6, 6.07) is 3.49. The molecule has 2 aromatic heterocycles. The molecule has 0 aromatic carbocycles. The molecule has 2 N–H and O–H groups in total. The van der Waals surface area contributed by atoms with E-state index in [9.17, 15) is 4.79 Å².